The van der Waals surface area contributed by atoms with Gasteiger partial charge in [0.15, 0.2) is 0 Å². The van der Waals surface area contributed by atoms with Gasteiger partial charge in [0.1, 0.15) is 11.7 Å². The first-order chi connectivity index (χ1) is 11.0. The summed E-state index contributed by atoms with van der Waals surface area (Å²) >= 11 is 1.58. The maximum absolute atomic E-state index is 12.5. The molecule has 0 spiro atoms. The summed E-state index contributed by atoms with van der Waals surface area (Å²) in [7, 11) is 0. The molecule has 1 aliphatic rings. The molecule has 2 atom stereocenters. The van der Waals surface area contributed by atoms with Gasteiger partial charge in [-0.3, -0.25) is 14.6 Å². The minimum absolute atomic E-state index is 0.0801. The molecule has 126 valence electrons. The second kappa shape index (κ2) is 8.29. The molecule has 1 saturated heterocycles. The van der Waals surface area contributed by atoms with Crippen LogP contribution in [0.25, 0.3) is 0 Å². The largest absolute Gasteiger partial charge is 0.352 e. The van der Waals surface area contributed by atoms with E-state index in [4.69, 9.17) is 0 Å². The summed E-state index contributed by atoms with van der Waals surface area (Å²) in [4.78, 5) is 34.5. The summed E-state index contributed by atoms with van der Waals surface area (Å²) in [6, 6.07) is -0.319. The minimum atomic E-state index is -0.434. The van der Waals surface area contributed by atoms with Crippen LogP contribution in [0.3, 0.4) is 0 Å². The summed E-state index contributed by atoms with van der Waals surface area (Å²) in [5, 5.41) is 3.03. The minimum Gasteiger partial charge on any atom is -0.352 e. The Morgan fingerprint density at radius 2 is 2.13 bits per heavy atom. The third-order valence-electron chi connectivity index (χ3n) is 3.79. The lowest BCUT2D eigenvalue weighted by Crippen LogP contribution is -2.49. The summed E-state index contributed by atoms with van der Waals surface area (Å²) in [5.41, 5.74) is 0.278. The predicted molar refractivity (Wildman–Crippen MR) is 91.0 cm³/mol. The van der Waals surface area contributed by atoms with Gasteiger partial charge in [0.2, 0.25) is 5.91 Å². The number of hydrogen-bond acceptors (Lipinski definition) is 5. The number of rotatable bonds is 6. The molecular formula is C16H24N4O2S. The van der Waals surface area contributed by atoms with Crippen molar-refractivity contribution in [2.75, 3.05) is 11.6 Å². The molecule has 0 unspecified atom stereocenters. The fourth-order valence-electron chi connectivity index (χ4n) is 2.41. The molecule has 2 heterocycles. The monoisotopic (exact) mass is 336 g/mol. The lowest BCUT2D eigenvalue weighted by atomic mass is 10.0. The van der Waals surface area contributed by atoms with E-state index in [1.54, 1.807) is 16.7 Å². The van der Waals surface area contributed by atoms with Crippen LogP contribution in [-0.4, -0.2) is 50.4 Å². The molecule has 0 aliphatic carbocycles. The van der Waals surface area contributed by atoms with Crippen molar-refractivity contribution < 1.29 is 9.59 Å². The van der Waals surface area contributed by atoms with Gasteiger partial charge in [0.25, 0.3) is 5.91 Å². The average Bonchev–Trinajstić information content (AvgIpc) is 3.02. The van der Waals surface area contributed by atoms with Crippen LogP contribution in [0.5, 0.6) is 0 Å². The molecule has 1 N–H and O–H groups in total. The highest BCUT2D eigenvalue weighted by molar-refractivity contribution is 7.99. The van der Waals surface area contributed by atoms with Crippen LogP contribution < -0.4 is 5.32 Å². The lowest BCUT2D eigenvalue weighted by molar-refractivity contribution is -0.125. The van der Waals surface area contributed by atoms with Crippen LogP contribution in [0.2, 0.25) is 0 Å². The van der Waals surface area contributed by atoms with Gasteiger partial charge in [-0.2, -0.15) is 0 Å². The van der Waals surface area contributed by atoms with Crippen molar-refractivity contribution in [1.29, 1.82) is 0 Å². The van der Waals surface area contributed by atoms with Crippen molar-refractivity contribution in [3.8, 4) is 0 Å². The van der Waals surface area contributed by atoms with Crippen LogP contribution in [0, 0.1) is 5.92 Å². The molecule has 7 heteroatoms. The van der Waals surface area contributed by atoms with Crippen molar-refractivity contribution in [3.63, 3.8) is 0 Å². The van der Waals surface area contributed by atoms with Gasteiger partial charge < -0.3 is 10.2 Å². The molecular weight excluding hydrogens is 312 g/mol. The molecule has 23 heavy (non-hydrogen) atoms. The number of carbonyl (C=O) groups is 2. The smallest absolute Gasteiger partial charge is 0.275 e. The van der Waals surface area contributed by atoms with Crippen molar-refractivity contribution in [2.24, 2.45) is 5.92 Å². The maximum atomic E-state index is 12.5. The number of aromatic nitrogens is 2. The molecule has 6 nitrogen and oxygen atoms in total. The number of hydrogen-bond donors (Lipinski definition) is 1. The zero-order chi connectivity index (χ0) is 16.8. The number of thioether (sulfide) groups is 1. The Bertz CT molecular complexity index is 538. The Morgan fingerprint density at radius 3 is 2.78 bits per heavy atom. The third kappa shape index (κ3) is 4.92. The molecule has 1 aromatic rings. The van der Waals surface area contributed by atoms with Crippen LogP contribution in [0.15, 0.2) is 18.6 Å². The molecule has 1 fully saturated rings. The quantitative estimate of drug-likeness (QED) is 0.859. The van der Waals surface area contributed by atoms with Crippen LogP contribution >= 0.6 is 11.8 Å². The van der Waals surface area contributed by atoms with Gasteiger partial charge >= 0.3 is 0 Å². The molecule has 0 radical (unpaired) electrons. The highest BCUT2D eigenvalue weighted by Crippen LogP contribution is 2.23. The Kier molecular flexibility index (Phi) is 6.38. The van der Waals surface area contributed by atoms with E-state index in [1.165, 1.54) is 18.6 Å². The molecule has 0 aromatic carbocycles. The molecule has 0 bridgehead atoms. The van der Waals surface area contributed by atoms with Crippen LogP contribution in [0.4, 0.5) is 0 Å². The number of nitrogens with one attached hydrogen (secondary N) is 1. The van der Waals surface area contributed by atoms with E-state index in [2.05, 4.69) is 29.1 Å². The second-order valence-electron chi connectivity index (χ2n) is 6.26. The van der Waals surface area contributed by atoms with E-state index in [0.29, 0.717) is 17.5 Å². The number of carbonyl (C=O) groups excluding carboxylic acids is 2. The fourth-order valence-corrected chi connectivity index (χ4v) is 3.57. The maximum Gasteiger partial charge on any atom is 0.275 e. The SMILES string of the molecule is CC(C)CC[C@@H](C)NC(=O)[C@@H]1CSCN1C(=O)c1cnccn1. The van der Waals surface area contributed by atoms with Crippen molar-refractivity contribution in [1.82, 2.24) is 20.2 Å². The van der Waals surface area contributed by atoms with E-state index >= 15 is 0 Å². The Hall–Kier alpha value is -1.63. The lowest BCUT2D eigenvalue weighted by Gasteiger charge is -2.24. The first-order valence-corrected chi connectivity index (χ1v) is 9.09. The average molecular weight is 336 g/mol. The van der Waals surface area contributed by atoms with Gasteiger partial charge in [-0.25, -0.2) is 4.98 Å². The summed E-state index contributed by atoms with van der Waals surface area (Å²) in [6.07, 6.45) is 6.46. The van der Waals surface area contributed by atoms with Crippen LogP contribution in [0.1, 0.15) is 44.1 Å². The zero-order valence-electron chi connectivity index (χ0n) is 13.9. The Balaban J connectivity index is 1.95. The van der Waals surface area contributed by atoms with E-state index in [1.807, 2.05) is 6.92 Å². The predicted octanol–water partition coefficient (Wildman–Crippen LogP) is 1.93. The van der Waals surface area contributed by atoms with Gasteiger partial charge in [0, 0.05) is 24.2 Å². The highest BCUT2D eigenvalue weighted by Gasteiger charge is 2.36. The van der Waals surface area contributed by atoms with Gasteiger partial charge in [-0.1, -0.05) is 13.8 Å². The highest BCUT2D eigenvalue weighted by atomic mass is 32.2. The van der Waals surface area contributed by atoms with Gasteiger partial charge in [-0.05, 0) is 25.7 Å². The summed E-state index contributed by atoms with van der Waals surface area (Å²) in [6.45, 7) is 6.35. The van der Waals surface area contributed by atoms with Crippen molar-refractivity contribution in [3.05, 3.63) is 24.3 Å². The third-order valence-corrected chi connectivity index (χ3v) is 4.81. The van der Waals surface area contributed by atoms with E-state index in [9.17, 15) is 9.59 Å². The second-order valence-corrected chi connectivity index (χ2v) is 7.26. The molecule has 1 aliphatic heterocycles. The first kappa shape index (κ1) is 17.7. The van der Waals surface area contributed by atoms with E-state index in [-0.39, 0.29) is 23.6 Å². The van der Waals surface area contributed by atoms with Crippen molar-refractivity contribution in [2.45, 2.75) is 45.7 Å². The summed E-state index contributed by atoms with van der Waals surface area (Å²) in [5.74, 6) is 1.43. The Morgan fingerprint density at radius 1 is 1.35 bits per heavy atom. The van der Waals surface area contributed by atoms with E-state index in [0.717, 1.165) is 12.8 Å². The Labute approximate surface area is 141 Å². The molecule has 0 saturated carbocycles. The summed E-state index contributed by atoms with van der Waals surface area (Å²) < 4.78 is 0. The molecule has 2 rings (SSSR count). The molecule has 1 aromatic heterocycles. The molecule has 2 amide bonds. The topological polar surface area (TPSA) is 75.2 Å². The van der Waals surface area contributed by atoms with Gasteiger partial charge in [-0.15, -0.1) is 11.8 Å². The first-order valence-electron chi connectivity index (χ1n) is 7.94. The number of amides is 2. The normalized spacial score (nSPS) is 19.0. The van der Waals surface area contributed by atoms with Gasteiger partial charge in [0.05, 0.1) is 12.1 Å². The van der Waals surface area contributed by atoms with Crippen LogP contribution in [-0.2, 0) is 4.79 Å². The zero-order valence-corrected chi connectivity index (χ0v) is 14.7. The standard InChI is InChI=1S/C16H24N4O2S/c1-11(2)4-5-12(3)19-15(21)14-9-23-10-20(14)16(22)13-8-17-6-7-18-13/h6-8,11-12,14H,4-5,9-10H2,1-3H3,(H,19,21)/t12-,14+/m1/s1. The number of nitrogens with zero attached hydrogens (tertiary/aromatic N) is 3. The fraction of sp³-hybridized carbons (Fsp3) is 0.625. The van der Waals surface area contributed by atoms with E-state index < -0.39 is 6.04 Å². The van der Waals surface area contributed by atoms with Crippen molar-refractivity contribution >= 4 is 23.6 Å².